The second-order valence-corrected chi connectivity index (χ2v) is 16.0. The summed E-state index contributed by atoms with van der Waals surface area (Å²) in [7, 11) is 0. The van der Waals surface area contributed by atoms with E-state index in [4.69, 9.17) is 0 Å². The van der Waals surface area contributed by atoms with Crippen LogP contribution >= 0.6 is 11.3 Å². The molecule has 10 aromatic rings. The minimum absolute atomic E-state index is 0.0948. The summed E-state index contributed by atoms with van der Waals surface area (Å²) >= 11 is 1.91. The number of thiophene rings is 1. The molecule has 2 heterocycles. The standard InChI is InChI=1S/C51H35NS/c1-51(2)45-29-37(20-23-39(45)41-30-44-40-18-9-10-19-49(40)53-50(44)31-46(41)51)34-16-11-17-38(26-34)52-47-24-21-35(32-12-5-3-6-13-32)27-42(47)43-28-36(22-25-48(43)52)33-14-7-4-8-15-33/h3-31H,1-2H3. The Hall–Kier alpha value is -6.22. The van der Waals surface area contributed by atoms with E-state index in [1.165, 1.54) is 97.6 Å². The highest BCUT2D eigenvalue weighted by atomic mass is 32.1. The zero-order chi connectivity index (χ0) is 35.3. The SMILES string of the molecule is CC1(C)c2cc(-c3cccc(-n4c5ccc(-c6ccccc6)cc5c5cc(-c6ccccc6)ccc54)c3)ccc2-c2cc3c(cc21)sc1ccccc13. The molecule has 0 fully saturated rings. The number of hydrogen-bond donors (Lipinski definition) is 0. The molecule has 1 aliphatic carbocycles. The Morgan fingerprint density at radius 3 is 1.64 bits per heavy atom. The molecule has 0 radical (unpaired) electrons. The first-order chi connectivity index (χ1) is 26.0. The van der Waals surface area contributed by atoms with Crippen LogP contribution in [0, 0.1) is 0 Å². The molecule has 2 heteroatoms. The maximum atomic E-state index is 2.46. The maximum absolute atomic E-state index is 2.46. The lowest BCUT2D eigenvalue weighted by Crippen LogP contribution is -2.14. The summed E-state index contributed by atoms with van der Waals surface area (Å²) in [6.45, 7) is 4.78. The monoisotopic (exact) mass is 693 g/mol. The van der Waals surface area contributed by atoms with Gasteiger partial charge in [0.05, 0.1) is 11.0 Å². The summed E-state index contributed by atoms with van der Waals surface area (Å²) in [5, 5.41) is 5.24. The van der Waals surface area contributed by atoms with E-state index in [2.05, 4.69) is 194 Å². The molecule has 8 aromatic carbocycles. The summed E-state index contributed by atoms with van der Waals surface area (Å²) in [6.07, 6.45) is 0. The molecule has 0 bridgehead atoms. The van der Waals surface area contributed by atoms with Gasteiger partial charge in [0.15, 0.2) is 0 Å². The molecule has 1 aliphatic rings. The molecule has 0 saturated carbocycles. The molecule has 11 rings (SSSR count). The quantitative estimate of drug-likeness (QED) is 0.173. The van der Waals surface area contributed by atoms with Crippen molar-refractivity contribution in [2.45, 2.75) is 19.3 Å². The minimum Gasteiger partial charge on any atom is -0.309 e. The smallest absolute Gasteiger partial charge is 0.0541 e. The molecular formula is C51H35NS. The zero-order valence-corrected chi connectivity index (χ0v) is 30.4. The number of fused-ring (bicyclic) bond motifs is 9. The van der Waals surface area contributed by atoms with Gasteiger partial charge in [-0.05, 0) is 116 Å². The molecule has 1 nitrogen and oxygen atoms in total. The van der Waals surface area contributed by atoms with Crippen molar-refractivity contribution >= 4 is 53.3 Å². The van der Waals surface area contributed by atoms with Gasteiger partial charge in [-0.1, -0.05) is 129 Å². The van der Waals surface area contributed by atoms with Crippen LogP contribution in [0.15, 0.2) is 176 Å². The first kappa shape index (κ1) is 30.4. The summed E-state index contributed by atoms with van der Waals surface area (Å²) in [4.78, 5) is 0. The lowest BCUT2D eigenvalue weighted by Gasteiger charge is -2.22. The van der Waals surface area contributed by atoms with Gasteiger partial charge in [-0.15, -0.1) is 11.3 Å². The molecule has 0 unspecified atom stereocenters. The van der Waals surface area contributed by atoms with Gasteiger partial charge in [0.2, 0.25) is 0 Å². The zero-order valence-electron chi connectivity index (χ0n) is 29.6. The number of nitrogens with zero attached hydrogens (tertiary/aromatic N) is 1. The van der Waals surface area contributed by atoms with E-state index in [9.17, 15) is 0 Å². The Morgan fingerprint density at radius 1 is 0.377 bits per heavy atom. The fourth-order valence-electron chi connectivity index (χ4n) is 8.88. The minimum atomic E-state index is -0.0948. The van der Waals surface area contributed by atoms with Gasteiger partial charge < -0.3 is 4.57 Å². The van der Waals surface area contributed by atoms with Crippen LogP contribution in [0.4, 0.5) is 0 Å². The largest absolute Gasteiger partial charge is 0.309 e. The van der Waals surface area contributed by atoms with Gasteiger partial charge in [0.25, 0.3) is 0 Å². The van der Waals surface area contributed by atoms with Crippen LogP contribution in [0.1, 0.15) is 25.0 Å². The Bertz CT molecular complexity index is 2970. The lowest BCUT2D eigenvalue weighted by molar-refractivity contribution is 0.661. The predicted molar refractivity (Wildman–Crippen MR) is 228 cm³/mol. The first-order valence-corrected chi connectivity index (χ1v) is 19.2. The third-order valence-corrected chi connectivity index (χ3v) is 12.7. The Labute approximate surface area is 313 Å². The van der Waals surface area contributed by atoms with Gasteiger partial charge in [-0.2, -0.15) is 0 Å². The van der Waals surface area contributed by atoms with Crippen molar-refractivity contribution in [3.63, 3.8) is 0 Å². The van der Waals surface area contributed by atoms with Crippen LogP contribution in [-0.2, 0) is 5.41 Å². The van der Waals surface area contributed by atoms with Crippen molar-refractivity contribution in [3.8, 4) is 50.2 Å². The van der Waals surface area contributed by atoms with E-state index in [1.807, 2.05) is 11.3 Å². The average molecular weight is 694 g/mol. The van der Waals surface area contributed by atoms with Gasteiger partial charge in [0, 0.05) is 42.0 Å². The van der Waals surface area contributed by atoms with Crippen molar-refractivity contribution in [1.82, 2.24) is 4.57 Å². The van der Waals surface area contributed by atoms with E-state index in [-0.39, 0.29) is 5.41 Å². The molecule has 0 atom stereocenters. The van der Waals surface area contributed by atoms with E-state index in [1.54, 1.807) is 0 Å². The van der Waals surface area contributed by atoms with Gasteiger partial charge in [0.1, 0.15) is 0 Å². The lowest BCUT2D eigenvalue weighted by atomic mass is 9.81. The Balaban J connectivity index is 1.06. The van der Waals surface area contributed by atoms with E-state index in [0.29, 0.717) is 0 Å². The molecule has 2 aromatic heterocycles. The third kappa shape index (κ3) is 4.62. The normalized spacial score (nSPS) is 13.2. The second-order valence-electron chi connectivity index (χ2n) is 15.0. The molecule has 0 aliphatic heterocycles. The van der Waals surface area contributed by atoms with Crippen molar-refractivity contribution < 1.29 is 0 Å². The van der Waals surface area contributed by atoms with Crippen LogP contribution in [-0.4, -0.2) is 4.57 Å². The fraction of sp³-hybridized carbons (Fsp3) is 0.0588. The topological polar surface area (TPSA) is 4.93 Å². The summed E-state index contributed by atoms with van der Waals surface area (Å²) in [5.41, 5.74) is 16.4. The van der Waals surface area contributed by atoms with Crippen LogP contribution in [0.5, 0.6) is 0 Å². The average Bonchev–Trinajstić information content (AvgIpc) is 3.82. The summed E-state index contributed by atoms with van der Waals surface area (Å²) < 4.78 is 5.18. The number of benzene rings is 8. The van der Waals surface area contributed by atoms with Gasteiger partial charge in [-0.3, -0.25) is 0 Å². The number of aromatic nitrogens is 1. The molecule has 53 heavy (non-hydrogen) atoms. The maximum Gasteiger partial charge on any atom is 0.0541 e. The van der Waals surface area contributed by atoms with Gasteiger partial charge in [-0.25, -0.2) is 0 Å². The summed E-state index contributed by atoms with van der Waals surface area (Å²) in [5.74, 6) is 0. The highest BCUT2D eigenvalue weighted by Gasteiger charge is 2.36. The molecule has 0 amide bonds. The van der Waals surface area contributed by atoms with Crippen LogP contribution in [0.25, 0.3) is 92.2 Å². The summed E-state index contributed by atoms with van der Waals surface area (Å²) in [6, 6.07) is 65.2. The molecule has 0 saturated heterocycles. The second kappa shape index (κ2) is 11.4. The molecular weight excluding hydrogens is 659 g/mol. The first-order valence-electron chi connectivity index (χ1n) is 18.4. The predicted octanol–water partition coefficient (Wildman–Crippen LogP) is 14.5. The molecule has 0 spiro atoms. The van der Waals surface area contributed by atoms with Crippen molar-refractivity contribution in [2.24, 2.45) is 0 Å². The number of rotatable bonds is 4. The number of hydrogen-bond acceptors (Lipinski definition) is 1. The third-order valence-electron chi connectivity index (χ3n) is 11.6. The van der Waals surface area contributed by atoms with Gasteiger partial charge >= 0.3 is 0 Å². The van der Waals surface area contributed by atoms with E-state index >= 15 is 0 Å². The van der Waals surface area contributed by atoms with Crippen LogP contribution in [0.2, 0.25) is 0 Å². The Kier molecular flexibility index (Phi) is 6.53. The van der Waals surface area contributed by atoms with Crippen molar-refractivity contribution in [2.75, 3.05) is 0 Å². The van der Waals surface area contributed by atoms with Crippen LogP contribution in [0.3, 0.4) is 0 Å². The fourth-order valence-corrected chi connectivity index (χ4v) is 10.0. The van der Waals surface area contributed by atoms with Crippen molar-refractivity contribution in [3.05, 3.63) is 187 Å². The van der Waals surface area contributed by atoms with Crippen LogP contribution < -0.4 is 0 Å². The molecule has 0 N–H and O–H groups in total. The molecule has 250 valence electrons. The van der Waals surface area contributed by atoms with E-state index in [0.717, 1.165) is 5.69 Å². The highest BCUT2D eigenvalue weighted by Crippen LogP contribution is 2.52. The van der Waals surface area contributed by atoms with Crippen molar-refractivity contribution in [1.29, 1.82) is 0 Å². The van der Waals surface area contributed by atoms with E-state index < -0.39 is 0 Å². The highest BCUT2D eigenvalue weighted by molar-refractivity contribution is 7.25. The Morgan fingerprint density at radius 2 is 0.943 bits per heavy atom.